The number of aryl methyl sites for hydroxylation is 2. The minimum absolute atomic E-state index is 0.471. The molecule has 0 fully saturated rings. The largest absolute Gasteiger partial charge is 0.253 e. The third-order valence-corrected chi connectivity index (χ3v) is 3.98. The fourth-order valence-corrected chi connectivity index (χ4v) is 2.82. The van der Waals surface area contributed by atoms with Crippen LogP contribution < -0.4 is 0 Å². The van der Waals surface area contributed by atoms with Gasteiger partial charge in [0.1, 0.15) is 0 Å². The molecule has 0 aliphatic carbocycles. The molecule has 0 aliphatic rings. The van der Waals surface area contributed by atoms with Crippen molar-refractivity contribution >= 4 is 11.4 Å². The molecule has 5 aromatic heterocycles. The lowest BCUT2D eigenvalue weighted by Crippen LogP contribution is -1.97. The van der Waals surface area contributed by atoms with E-state index in [4.69, 9.17) is 0 Å². The zero-order valence-electron chi connectivity index (χ0n) is 14.1. The third kappa shape index (κ3) is 2.29. The number of hydrogen-bond donors (Lipinski definition) is 0. The van der Waals surface area contributed by atoms with Crippen molar-refractivity contribution in [1.82, 2.24) is 44.1 Å². The Morgan fingerprint density at radius 1 is 0.846 bits per heavy atom. The molecule has 126 valence electrons. The van der Waals surface area contributed by atoms with Crippen LogP contribution in [0, 0.1) is 13.8 Å². The van der Waals surface area contributed by atoms with Crippen molar-refractivity contribution in [2.75, 3.05) is 0 Å². The zero-order valence-corrected chi connectivity index (χ0v) is 14.1. The van der Waals surface area contributed by atoms with Crippen LogP contribution in [0.25, 0.3) is 34.5 Å². The predicted octanol–water partition coefficient (Wildman–Crippen LogP) is 1.91. The second-order valence-corrected chi connectivity index (χ2v) is 5.91. The van der Waals surface area contributed by atoms with Crippen molar-refractivity contribution in [1.29, 1.82) is 0 Å². The molecule has 9 heteroatoms. The van der Waals surface area contributed by atoms with E-state index in [0.29, 0.717) is 28.9 Å². The molecule has 0 bridgehead atoms. The highest BCUT2D eigenvalue weighted by Gasteiger charge is 2.13. The molecule has 26 heavy (non-hydrogen) atoms. The third-order valence-electron chi connectivity index (χ3n) is 3.98. The molecule has 0 radical (unpaired) electrons. The van der Waals surface area contributed by atoms with Gasteiger partial charge >= 0.3 is 0 Å². The van der Waals surface area contributed by atoms with Crippen molar-refractivity contribution in [3.05, 3.63) is 54.2 Å². The van der Waals surface area contributed by atoms with Gasteiger partial charge in [-0.2, -0.15) is 4.98 Å². The highest BCUT2D eigenvalue weighted by molar-refractivity contribution is 5.63. The Labute approximate surface area is 147 Å². The van der Waals surface area contributed by atoms with Crippen LogP contribution in [-0.2, 0) is 0 Å². The lowest BCUT2D eigenvalue weighted by molar-refractivity contribution is 0.887. The van der Waals surface area contributed by atoms with E-state index in [1.54, 1.807) is 27.5 Å². The first-order valence-corrected chi connectivity index (χ1v) is 8.02. The number of rotatable bonds is 2. The van der Waals surface area contributed by atoms with E-state index >= 15 is 0 Å². The first-order valence-electron chi connectivity index (χ1n) is 8.02. The Bertz CT molecular complexity index is 1250. The highest BCUT2D eigenvalue weighted by Crippen LogP contribution is 2.19. The van der Waals surface area contributed by atoms with Crippen LogP contribution in [-0.4, -0.2) is 44.1 Å². The van der Waals surface area contributed by atoms with Gasteiger partial charge in [-0.25, -0.2) is 29.0 Å². The van der Waals surface area contributed by atoms with Crippen LogP contribution in [0.2, 0.25) is 0 Å². The van der Waals surface area contributed by atoms with Crippen LogP contribution in [0.3, 0.4) is 0 Å². The van der Waals surface area contributed by atoms with Crippen molar-refractivity contribution < 1.29 is 0 Å². The molecule has 0 saturated carbocycles. The second-order valence-electron chi connectivity index (χ2n) is 5.91. The zero-order chi connectivity index (χ0) is 17.7. The normalized spacial score (nSPS) is 11.5. The van der Waals surface area contributed by atoms with Crippen molar-refractivity contribution in [3.8, 4) is 23.0 Å². The maximum absolute atomic E-state index is 4.56. The average molecular weight is 343 g/mol. The van der Waals surface area contributed by atoms with Crippen LogP contribution in [0.15, 0.2) is 42.9 Å². The minimum atomic E-state index is 0.471. The van der Waals surface area contributed by atoms with Crippen LogP contribution in [0.4, 0.5) is 0 Å². The van der Waals surface area contributed by atoms with Crippen molar-refractivity contribution in [2.24, 2.45) is 0 Å². The Morgan fingerprint density at radius 3 is 2.54 bits per heavy atom. The first-order chi connectivity index (χ1) is 12.7. The summed E-state index contributed by atoms with van der Waals surface area (Å²) in [5, 5.41) is 8.96. The van der Waals surface area contributed by atoms with Gasteiger partial charge in [0.25, 0.3) is 5.78 Å². The molecule has 0 aromatic carbocycles. The van der Waals surface area contributed by atoms with Gasteiger partial charge < -0.3 is 0 Å². The summed E-state index contributed by atoms with van der Waals surface area (Å²) in [6, 6.07) is 7.51. The minimum Gasteiger partial charge on any atom is -0.234 e. The van der Waals surface area contributed by atoms with Gasteiger partial charge in [0.2, 0.25) is 5.82 Å². The van der Waals surface area contributed by atoms with E-state index in [0.717, 1.165) is 17.0 Å². The standard InChI is InChI=1S/C17H13N9/c1-10-8-11(2)26-17(20-10)22-14(24-26)12-4-7-25-13(9-12)21-16(23-25)15-18-5-3-6-19-15/h3-9H,1-2H3. The first kappa shape index (κ1) is 14.6. The van der Waals surface area contributed by atoms with Crippen LogP contribution >= 0.6 is 0 Å². The van der Waals surface area contributed by atoms with Crippen LogP contribution in [0.5, 0.6) is 0 Å². The predicted molar refractivity (Wildman–Crippen MR) is 93.3 cm³/mol. The van der Waals surface area contributed by atoms with E-state index < -0.39 is 0 Å². The van der Waals surface area contributed by atoms with Gasteiger partial charge in [0.05, 0.1) is 0 Å². The van der Waals surface area contributed by atoms with Crippen LogP contribution in [0.1, 0.15) is 11.4 Å². The quantitative estimate of drug-likeness (QED) is 0.483. The summed E-state index contributed by atoms with van der Waals surface area (Å²) in [5.41, 5.74) is 3.41. The molecule has 5 rings (SSSR count). The van der Waals surface area contributed by atoms with Gasteiger partial charge in [-0.15, -0.1) is 10.2 Å². The number of hydrogen-bond acceptors (Lipinski definition) is 7. The van der Waals surface area contributed by atoms with Gasteiger partial charge in [0.15, 0.2) is 17.3 Å². The summed E-state index contributed by atoms with van der Waals surface area (Å²) in [5.74, 6) is 2.13. The molecule has 0 amide bonds. The maximum atomic E-state index is 4.56. The smallest absolute Gasteiger partial charge is 0.234 e. The Kier molecular flexibility index (Phi) is 3.02. The molecule has 0 atom stereocenters. The Morgan fingerprint density at radius 2 is 1.69 bits per heavy atom. The molecule has 9 nitrogen and oxygen atoms in total. The highest BCUT2D eigenvalue weighted by atomic mass is 15.3. The molecule has 5 heterocycles. The molecule has 0 spiro atoms. The summed E-state index contributed by atoms with van der Waals surface area (Å²) < 4.78 is 3.41. The number of nitrogens with zero attached hydrogens (tertiary/aromatic N) is 9. The van der Waals surface area contributed by atoms with Gasteiger partial charge in [0, 0.05) is 35.5 Å². The van der Waals surface area contributed by atoms with Crippen molar-refractivity contribution in [3.63, 3.8) is 0 Å². The van der Waals surface area contributed by atoms with Gasteiger partial charge in [-0.05, 0) is 38.1 Å². The van der Waals surface area contributed by atoms with E-state index in [9.17, 15) is 0 Å². The maximum Gasteiger partial charge on any atom is 0.253 e. The van der Waals surface area contributed by atoms with E-state index in [1.807, 2.05) is 38.2 Å². The second kappa shape index (κ2) is 5.38. The van der Waals surface area contributed by atoms with Gasteiger partial charge in [-0.1, -0.05) is 0 Å². The molecular formula is C17H13N9. The topological polar surface area (TPSA) is 99.1 Å². The Balaban J connectivity index is 1.62. The summed E-state index contributed by atoms with van der Waals surface area (Å²) in [7, 11) is 0. The summed E-state index contributed by atoms with van der Waals surface area (Å²) in [6.45, 7) is 3.92. The molecular weight excluding hydrogens is 330 g/mol. The summed E-state index contributed by atoms with van der Waals surface area (Å²) in [6.07, 6.45) is 5.15. The number of fused-ring (bicyclic) bond motifs is 2. The molecule has 0 aliphatic heterocycles. The lowest BCUT2D eigenvalue weighted by atomic mass is 10.2. The molecule has 0 saturated heterocycles. The summed E-state index contributed by atoms with van der Waals surface area (Å²) >= 11 is 0. The SMILES string of the molecule is Cc1cc(C)n2nc(-c3ccn4nc(-c5ncccn5)nc4c3)nc2n1. The fraction of sp³-hybridized carbons (Fsp3) is 0.118. The average Bonchev–Trinajstić information content (AvgIpc) is 3.25. The van der Waals surface area contributed by atoms with E-state index in [-0.39, 0.29) is 0 Å². The molecule has 0 N–H and O–H groups in total. The number of aromatic nitrogens is 9. The molecule has 5 aromatic rings. The number of pyridine rings is 1. The van der Waals surface area contributed by atoms with Crippen molar-refractivity contribution in [2.45, 2.75) is 13.8 Å². The Hall–Kier alpha value is -3.75. The fourth-order valence-electron chi connectivity index (χ4n) is 2.82. The van der Waals surface area contributed by atoms with E-state index in [1.165, 1.54) is 0 Å². The lowest BCUT2D eigenvalue weighted by Gasteiger charge is -1.97. The van der Waals surface area contributed by atoms with E-state index in [2.05, 4.69) is 35.1 Å². The molecule has 0 unspecified atom stereocenters. The monoisotopic (exact) mass is 343 g/mol. The summed E-state index contributed by atoms with van der Waals surface area (Å²) in [4.78, 5) is 21.8. The van der Waals surface area contributed by atoms with Gasteiger partial charge in [-0.3, -0.25) is 0 Å².